The van der Waals surface area contributed by atoms with Gasteiger partial charge in [0.15, 0.2) is 5.96 Å². The predicted octanol–water partition coefficient (Wildman–Crippen LogP) is 1.98. The Bertz CT molecular complexity index is 383. The summed E-state index contributed by atoms with van der Waals surface area (Å²) < 4.78 is 5.74. The lowest BCUT2D eigenvalue weighted by Gasteiger charge is -2.24. The number of guanidine groups is 1. The molecular formula is C13H21N3OS. The number of aliphatic imine (C=N–C) groups is 1. The van der Waals surface area contributed by atoms with E-state index in [0.29, 0.717) is 0 Å². The zero-order valence-electron chi connectivity index (χ0n) is 11.0. The summed E-state index contributed by atoms with van der Waals surface area (Å²) in [5.41, 5.74) is -0.0411. The Morgan fingerprint density at radius 3 is 3.06 bits per heavy atom. The second-order valence-electron chi connectivity index (χ2n) is 4.76. The molecule has 1 aliphatic heterocycles. The second-order valence-corrected chi connectivity index (χ2v) is 5.79. The third-order valence-electron chi connectivity index (χ3n) is 3.16. The maximum atomic E-state index is 5.74. The fourth-order valence-corrected chi connectivity index (χ4v) is 2.70. The maximum absolute atomic E-state index is 5.74. The van der Waals surface area contributed by atoms with Crippen LogP contribution in [0.3, 0.4) is 0 Å². The molecule has 0 saturated carbocycles. The topological polar surface area (TPSA) is 45.7 Å². The standard InChI is InChI=1S/C13H21N3OS/c1-13(6-4-7-17-13)10-16-12(14-2)15-9-11-5-3-8-18-11/h3,5,8H,4,6-7,9-10H2,1-2H3,(H2,14,15,16). The fraction of sp³-hybridized carbons (Fsp3) is 0.615. The highest BCUT2D eigenvalue weighted by Crippen LogP contribution is 2.23. The first-order chi connectivity index (χ1) is 8.72. The Labute approximate surface area is 112 Å². The summed E-state index contributed by atoms with van der Waals surface area (Å²) in [5, 5.41) is 8.72. The molecule has 4 nitrogen and oxygen atoms in total. The Kier molecular flexibility index (Phi) is 4.60. The highest BCUT2D eigenvalue weighted by Gasteiger charge is 2.29. The van der Waals surface area contributed by atoms with Crippen LogP contribution >= 0.6 is 11.3 Å². The molecule has 1 saturated heterocycles. The van der Waals surface area contributed by atoms with E-state index in [2.05, 4.69) is 40.1 Å². The van der Waals surface area contributed by atoms with E-state index in [9.17, 15) is 0 Å². The number of hydrogen-bond donors (Lipinski definition) is 2. The molecule has 0 aliphatic carbocycles. The highest BCUT2D eigenvalue weighted by molar-refractivity contribution is 7.09. The van der Waals surface area contributed by atoms with Crippen molar-refractivity contribution in [1.29, 1.82) is 0 Å². The number of hydrogen-bond acceptors (Lipinski definition) is 3. The SMILES string of the molecule is CN=C(NCc1cccs1)NCC1(C)CCCO1. The summed E-state index contributed by atoms with van der Waals surface area (Å²) in [7, 11) is 1.79. The first-order valence-electron chi connectivity index (χ1n) is 6.33. The Morgan fingerprint density at radius 1 is 1.56 bits per heavy atom. The lowest BCUT2D eigenvalue weighted by atomic mass is 10.0. The molecule has 0 radical (unpaired) electrons. The first kappa shape index (κ1) is 13.4. The maximum Gasteiger partial charge on any atom is 0.191 e. The zero-order valence-corrected chi connectivity index (χ0v) is 11.8. The van der Waals surface area contributed by atoms with E-state index < -0.39 is 0 Å². The third kappa shape index (κ3) is 3.71. The smallest absolute Gasteiger partial charge is 0.191 e. The second kappa shape index (κ2) is 6.20. The van der Waals surface area contributed by atoms with E-state index in [0.717, 1.165) is 38.5 Å². The van der Waals surface area contributed by atoms with Crippen molar-refractivity contribution in [3.05, 3.63) is 22.4 Å². The highest BCUT2D eigenvalue weighted by atomic mass is 32.1. The molecule has 1 atom stereocenters. The van der Waals surface area contributed by atoms with Gasteiger partial charge in [0.1, 0.15) is 0 Å². The van der Waals surface area contributed by atoms with Crippen LogP contribution in [0.1, 0.15) is 24.6 Å². The minimum absolute atomic E-state index is 0.0411. The molecule has 1 unspecified atom stereocenters. The van der Waals surface area contributed by atoms with Gasteiger partial charge in [-0.05, 0) is 31.2 Å². The molecule has 2 rings (SSSR count). The van der Waals surface area contributed by atoms with Crippen LogP contribution in [0, 0.1) is 0 Å². The monoisotopic (exact) mass is 267 g/mol. The molecule has 100 valence electrons. The van der Waals surface area contributed by atoms with Crippen molar-refractivity contribution in [2.45, 2.75) is 31.9 Å². The number of thiophene rings is 1. The van der Waals surface area contributed by atoms with Crippen molar-refractivity contribution >= 4 is 17.3 Å². The minimum Gasteiger partial charge on any atom is -0.373 e. The Hall–Kier alpha value is -1.07. The van der Waals surface area contributed by atoms with Crippen LogP contribution in [0.5, 0.6) is 0 Å². The van der Waals surface area contributed by atoms with Crippen molar-refractivity contribution in [3.8, 4) is 0 Å². The third-order valence-corrected chi connectivity index (χ3v) is 4.04. The molecule has 2 heterocycles. The van der Waals surface area contributed by atoms with E-state index >= 15 is 0 Å². The van der Waals surface area contributed by atoms with Gasteiger partial charge in [-0.25, -0.2) is 0 Å². The van der Waals surface area contributed by atoms with Crippen LogP contribution in [-0.4, -0.2) is 31.8 Å². The number of ether oxygens (including phenoxy) is 1. The molecule has 2 N–H and O–H groups in total. The molecule has 18 heavy (non-hydrogen) atoms. The largest absolute Gasteiger partial charge is 0.373 e. The van der Waals surface area contributed by atoms with E-state index in [1.807, 2.05) is 0 Å². The van der Waals surface area contributed by atoms with E-state index in [1.165, 1.54) is 4.88 Å². The molecule has 5 heteroatoms. The van der Waals surface area contributed by atoms with Gasteiger partial charge in [0.2, 0.25) is 0 Å². The molecule has 0 bridgehead atoms. The molecule has 1 fully saturated rings. The van der Waals surface area contributed by atoms with Crippen molar-refractivity contribution in [2.24, 2.45) is 4.99 Å². The minimum atomic E-state index is -0.0411. The van der Waals surface area contributed by atoms with Crippen molar-refractivity contribution in [1.82, 2.24) is 10.6 Å². The van der Waals surface area contributed by atoms with Gasteiger partial charge < -0.3 is 15.4 Å². The van der Waals surface area contributed by atoms with Crippen LogP contribution in [0.25, 0.3) is 0 Å². The lowest BCUT2D eigenvalue weighted by Crippen LogP contribution is -2.45. The average Bonchev–Trinajstić information content (AvgIpc) is 3.01. The van der Waals surface area contributed by atoms with Crippen LogP contribution in [0.2, 0.25) is 0 Å². The molecule has 0 aromatic carbocycles. The Morgan fingerprint density at radius 2 is 2.44 bits per heavy atom. The molecule has 0 spiro atoms. The van der Waals surface area contributed by atoms with Gasteiger partial charge in [-0.3, -0.25) is 4.99 Å². The number of nitrogens with zero attached hydrogens (tertiary/aromatic N) is 1. The average molecular weight is 267 g/mol. The fourth-order valence-electron chi connectivity index (χ4n) is 2.05. The van der Waals surface area contributed by atoms with Gasteiger partial charge in [-0.15, -0.1) is 11.3 Å². The lowest BCUT2D eigenvalue weighted by molar-refractivity contribution is 0.0243. The van der Waals surface area contributed by atoms with E-state index in [4.69, 9.17) is 4.74 Å². The summed E-state index contributed by atoms with van der Waals surface area (Å²) in [6, 6.07) is 4.18. The van der Waals surface area contributed by atoms with Gasteiger partial charge in [0.05, 0.1) is 12.1 Å². The summed E-state index contributed by atoms with van der Waals surface area (Å²) in [4.78, 5) is 5.53. The van der Waals surface area contributed by atoms with Gasteiger partial charge in [-0.1, -0.05) is 6.07 Å². The van der Waals surface area contributed by atoms with E-state index in [-0.39, 0.29) is 5.60 Å². The summed E-state index contributed by atoms with van der Waals surface area (Å²) in [6.45, 7) is 4.64. The van der Waals surface area contributed by atoms with Crippen LogP contribution in [0.15, 0.2) is 22.5 Å². The van der Waals surface area contributed by atoms with Crippen LogP contribution in [-0.2, 0) is 11.3 Å². The van der Waals surface area contributed by atoms with Gasteiger partial charge in [0, 0.05) is 25.1 Å². The zero-order chi connectivity index (χ0) is 12.8. The van der Waals surface area contributed by atoms with E-state index in [1.54, 1.807) is 18.4 Å². The normalized spacial score (nSPS) is 24.2. The quantitative estimate of drug-likeness (QED) is 0.648. The van der Waals surface area contributed by atoms with Crippen LogP contribution < -0.4 is 10.6 Å². The number of rotatable bonds is 4. The molecule has 1 aromatic heterocycles. The van der Waals surface area contributed by atoms with Crippen molar-refractivity contribution < 1.29 is 4.74 Å². The van der Waals surface area contributed by atoms with Gasteiger partial charge in [0.25, 0.3) is 0 Å². The van der Waals surface area contributed by atoms with Crippen molar-refractivity contribution in [3.63, 3.8) is 0 Å². The first-order valence-corrected chi connectivity index (χ1v) is 7.21. The Balaban J connectivity index is 1.75. The summed E-state index contributed by atoms with van der Waals surface area (Å²) in [5.74, 6) is 0.833. The molecule has 1 aliphatic rings. The summed E-state index contributed by atoms with van der Waals surface area (Å²) >= 11 is 1.75. The number of nitrogens with one attached hydrogen (secondary N) is 2. The van der Waals surface area contributed by atoms with Crippen LogP contribution in [0.4, 0.5) is 0 Å². The molecular weight excluding hydrogens is 246 g/mol. The van der Waals surface area contributed by atoms with Gasteiger partial charge >= 0.3 is 0 Å². The van der Waals surface area contributed by atoms with Crippen molar-refractivity contribution in [2.75, 3.05) is 20.2 Å². The van der Waals surface area contributed by atoms with Gasteiger partial charge in [-0.2, -0.15) is 0 Å². The molecule has 0 amide bonds. The predicted molar refractivity (Wildman–Crippen MR) is 76.1 cm³/mol. The summed E-state index contributed by atoms with van der Waals surface area (Å²) in [6.07, 6.45) is 2.27. The molecule has 1 aromatic rings.